The van der Waals surface area contributed by atoms with E-state index in [0.29, 0.717) is 22.8 Å². The fourth-order valence-corrected chi connectivity index (χ4v) is 3.17. The maximum Gasteiger partial charge on any atom is 0.257 e. The van der Waals surface area contributed by atoms with Crippen LogP contribution in [0.25, 0.3) is 22.1 Å². The lowest BCUT2D eigenvalue weighted by Crippen LogP contribution is -2.20. The number of aromatic hydroxyl groups is 1. The van der Waals surface area contributed by atoms with Crippen molar-refractivity contribution in [2.75, 3.05) is 21.3 Å². The minimum atomic E-state index is -1.50. The maximum atomic E-state index is 13.2. The van der Waals surface area contributed by atoms with E-state index in [1.54, 1.807) is 6.07 Å². The third-order valence-corrected chi connectivity index (χ3v) is 4.43. The number of hydrogen-bond acceptors (Lipinski definition) is 8. The van der Waals surface area contributed by atoms with E-state index in [2.05, 4.69) is 0 Å². The molecule has 0 fully saturated rings. The Morgan fingerprint density at radius 1 is 1.00 bits per heavy atom. The van der Waals surface area contributed by atoms with Crippen LogP contribution in [0.1, 0.15) is 12.1 Å². The summed E-state index contributed by atoms with van der Waals surface area (Å²) < 4.78 is 26.8. The number of phenolic OH excluding ortho intramolecular Hbond substituents is 1. The summed E-state index contributed by atoms with van der Waals surface area (Å²) >= 11 is 0. The monoisotopic (exact) mass is 372 g/mol. The zero-order chi connectivity index (χ0) is 19.3. The molecule has 140 valence electrons. The van der Waals surface area contributed by atoms with Crippen LogP contribution in [0, 0.1) is 0 Å². The van der Waals surface area contributed by atoms with Crippen molar-refractivity contribution >= 4 is 11.0 Å². The number of aliphatic hydroxyl groups is 1. The summed E-state index contributed by atoms with van der Waals surface area (Å²) in [5, 5.41) is 20.6. The Hall–Kier alpha value is -3.39. The second kappa shape index (κ2) is 6.10. The molecule has 2 N–H and O–H groups in total. The maximum absolute atomic E-state index is 13.2. The Bertz CT molecular complexity index is 1120. The molecule has 0 bridgehead atoms. The largest absolute Gasteiger partial charge is 0.507 e. The van der Waals surface area contributed by atoms with Gasteiger partial charge in [0.2, 0.25) is 5.43 Å². The summed E-state index contributed by atoms with van der Waals surface area (Å²) in [6.07, 6.45) is -1.50. The summed E-state index contributed by atoms with van der Waals surface area (Å²) in [4.78, 5) is 13.2. The molecule has 1 atom stereocenters. The van der Waals surface area contributed by atoms with Crippen molar-refractivity contribution in [1.29, 1.82) is 0 Å². The van der Waals surface area contributed by atoms with Gasteiger partial charge in [-0.05, 0) is 6.07 Å². The average molecular weight is 372 g/mol. The Morgan fingerprint density at radius 3 is 2.37 bits per heavy atom. The first kappa shape index (κ1) is 17.0. The van der Waals surface area contributed by atoms with Gasteiger partial charge in [0, 0.05) is 23.8 Å². The van der Waals surface area contributed by atoms with Crippen LogP contribution in [0.15, 0.2) is 33.5 Å². The lowest BCUT2D eigenvalue weighted by molar-refractivity contribution is -0.0377. The third-order valence-electron chi connectivity index (χ3n) is 4.43. The van der Waals surface area contributed by atoms with Crippen LogP contribution >= 0.6 is 0 Å². The van der Waals surface area contributed by atoms with E-state index >= 15 is 0 Å². The second-order valence-corrected chi connectivity index (χ2v) is 5.86. The molecule has 3 aromatic rings. The lowest BCUT2D eigenvalue weighted by Gasteiger charge is -2.25. The van der Waals surface area contributed by atoms with Crippen LogP contribution in [-0.4, -0.2) is 31.5 Å². The molecule has 0 saturated carbocycles. The van der Waals surface area contributed by atoms with Crippen LogP contribution in [-0.2, 0) is 0 Å². The van der Waals surface area contributed by atoms with E-state index < -0.39 is 11.7 Å². The summed E-state index contributed by atoms with van der Waals surface area (Å²) in [5.41, 5.74) is 0.000822. The number of ether oxygens (including phenoxy) is 4. The molecule has 27 heavy (non-hydrogen) atoms. The van der Waals surface area contributed by atoms with Gasteiger partial charge in [-0.2, -0.15) is 0 Å². The SMILES string of the molecule is COc1cc(O)c2c(=O)c3c(oc2c1)C(O)Oc1cc(OC)c(OC)cc1-3. The Labute approximate surface area is 153 Å². The summed E-state index contributed by atoms with van der Waals surface area (Å²) in [7, 11) is 4.35. The highest BCUT2D eigenvalue weighted by molar-refractivity contribution is 5.90. The molecule has 1 unspecified atom stereocenters. The predicted octanol–water partition coefficient (Wildman–Crippen LogP) is 2.57. The molecule has 2 aromatic carbocycles. The van der Waals surface area contributed by atoms with E-state index in [-0.39, 0.29) is 33.8 Å². The molecule has 0 aliphatic carbocycles. The molecular formula is C19H16O8. The summed E-state index contributed by atoms with van der Waals surface area (Å²) in [6.45, 7) is 0. The standard InChI is InChI=1S/C19H16O8/c1-23-8-4-10(20)16-14(5-8)26-18-15(17(16)21)9-6-12(24-2)13(25-3)7-11(9)27-19(18)22/h4-7,19-20,22H,1-3H3. The molecular weight excluding hydrogens is 356 g/mol. The number of methoxy groups -OCH3 is 3. The fourth-order valence-electron chi connectivity index (χ4n) is 3.17. The highest BCUT2D eigenvalue weighted by Crippen LogP contribution is 2.46. The minimum absolute atomic E-state index is 0.0237. The molecule has 1 aromatic heterocycles. The zero-order valence-electron chi connectivity index (χ0n) is 14.7. The van der Waals surface area contributed by atoms with Crippen molar-refractivity contribution in [2.24, 2.45) is 0 Å². The first-order valence-electron chi connectivity index (χ1n) is 7.97. The van der Waals surface area contributed by atoms with E-state index in [1.807, 2.05) is 0 Å². The predicted molar refractivity (Wildman–Crippen MR) is 94.8 cm³/mol. The number of aliphatic hydroxyl groups excluding tert-OH is 1. The Morgan fingerprint density at radius 2 is 1.70 bits per heavy atom. The molecule has 0 spiro atoms. The summed E-state index contributed by atoms with van der Waals surface area (Å²) in [5.74, 6) is 0.933. The molecule has 0 saturated heterocycles. The Kier molecular flexibility index (Phi) is 3.85. The average Bonchev–Trinajstić information content (AvgIpc) is 2.66. The smallest absolute Gasteiger partial charge is 0.257 e. The highest BCUT2D eigenvalue weighted by atomic mass is 16.6. The van der Waals surface area contributed by atoms with Crippen molar-refractivity contribution in [3.8, 4) is 39.9 Å². The quantitative estimate of drug-likeness (QED) is 0.722. The lowest BCUT2D eigenvalue weighted by atomic mass is 9.98. The minimum Gasteiger partial charge on any atom is -0.507 e. The van der Waals surface area contributed by atoms with Gasteiger partial charge in [0.1, 0.15) is 28.2 Å². The number of hydrogen-bond donors (Lipinski definition) is 2. The molecule has 1 aliphatic rings. The molecule has 0 radical (unpaired) electrons. The van der Waals surface area contributed by atoms with Crippen LogP contribution in [0.3, 0.4) is 0 Å². The fraction of sp³-hybridized carbons (Fsp3) is 0.211. The first-order valence-corrected chi connectivity index (χ1v) is 7.97. The molecule has 1 aliphatic heterocycles. The van der Waals surface area contributed by atoms with Crippen LogP contribution in [0.5, 0.6) is 28.7 Å². The van der Waals surface area contributed by atoms with E-state index in [0.717, 1.165) is 0 Å². The van der Waals surface area contributed by atoms with Gasteiger partial charge >= 0.3 is 0 Å². The van der Waals surface area contributed by atoms with Gasteiger partial charge in [0.15, 0.2) is 17.3 Å². The molecule has 4 rings (SSSR count). The van der Waals surface area contributed by atoms with Gasteiger partial charge in [-0.1, -0.05) is 0 Å². The van der Waals surface area contributed by atoms with Gasteiger partial charge in [-0.3, -0.25) is 4.79 Å². The van der Waals surface area contributed by atoms with Crippen molar-refractivity contribution in [2.45, 2.75) is 6.29 Å². The third kappa shape index (κ3) is 2.45. The Balaban J connectivity index is 2.09. The van der Waals surface area contributed by atoms with E-state index in [9.17, 15) is 15.0 Å². The van der Waals surface area contributed by atoms with Crippen molar-refractivity contribution < 1.29 is 33.6 Å². The molecule has 8 nitrogen and oxygen atoms in total. The van der Waals surface area contributed by atoms with Gasteiger partial charge in [0.05, 0.1) is 26.9 Å². The van der Waals surface area contributed by atoms with Gasteiger partial charge in [-0.15, -0.1) is 0 Å². The number of phenols is 1. The van der Waals surface area contributed by atoms with Gasteiger partial charge in [-0.25, -0.2) is 0 Å². The number of benzene rings is 2. The van der Waals surface area contributed by atoms with Crippen LogP contribution < -0.4 is 24.4 Å². The number of fused-ring (bicyclic) bond motifs is 4. The van der Waals surface area contributed by atoms with Crippen LogP contribution in [0.2, 0.25) is 0 Å². The van der Waals surface area contributed by atoms with Gasteiger partial charge in [0.25, 0.3) is 6.29 Å². The van der Waals surface area contributed by atoms with Crippen molar-refractivity contribution in [1.82, 2.24) is 0 Å². The number of rotatable bonds is 3. The zero-order valence-corrected chi connectivity index (χ0v) is 14.7. The topological polar surface area (TPSA) is 108 Å². The normalized spacial score (nSPS) is 14.9. The first-order chi connectivity index (χ1) is 13.0. The van der Waals surface area contributed by atoms with Crippen LogP contribution in [0.4, 0.5) is 0 Å². The highest BCUT2D eigenvalue weighted by Gasteiger charge is 2.33. The van der Waals surface area contributed by atoms with Crippen molar-refractivity contribution in [3.05, 3.63) is 40.2 Å². The van der Waals surface area contributed by atoms with E-state index in [4.69, 9.17) is 23.4 Å². The molecule has 0 amide bonds. The van der Waals surface area contributed by atoms with Gasteiger partial charge < -0.3 is 33.6 Å². The molecule has 8 heteroatoms. The second-order valence-electron chi connectivity index (χ2n) is 5.86. The van der Waals surface area contributed by atoms with Crippen molar-refractivity contribution in [3.63, 3.8) is 0 Å². The molecule has 2 heterocycles. The van der Waals surface area contributed by atoms with E-state index in [1.165, 1.54) is 39.5 Å². The summed E-state index contributed by atoms with van der Waals surface area (Å²) in [6, 6.07) is 5.84.